The first-order valence-electron chi connectivity index (χ1n) is 9.40. The van der Waals surface area contributed by atoms with Crippen LogP contribution in [0.2, 0.25) is 0 Å². The molecule has 9 nitrogen and oxygen atoms in total. The lowest BCUT2D eigenvalue weighted by molar-refractivity contribution is 0.0897. The number of nitrogens with zero attached hydrogens (tertiary/aromatic N) is 4. The van der Waals surface area contributed by atoms with Gasteiger partial charge in [0, 0.05) is 28.9 Å². The van der Waals surface area contributed by atoms with Crippen molar-refractivity contribution in [1.29, 1.82) is 0 Å². The average molecular weight is 393 g/mol. The van der Waals surface area contributed by atoms with Crippen molar-refractivity contribution >= 4 is 23.4 Å². The van der Waals surface area contributed by atoms with E-state index in [0.29, 0.717) is 28.7 Å². The van der Waals surface area contributed by atoms with Crippen LogP contribution in [0, 0.1) is 0 Å². The van der Waals surface area contributed by atoms with Gasteiger partial charge in [-0.05, 0) is 38.0 Å². The van der Waals surface area contributed by atoms with E-state index in [2.05, 4.69) is 30.8 Å². The van der Waals surface area contributed by atoms with Gasteiger partial charge in [0.25, 0.3) is 11.8 Å². The number of carbonyl (C=O) groups excluding carboxylic acids is 1. The van der Waals surface area contributed by atoms with Crippen LogP contribution in [0.3, 0.4) is 0 Å². The molecule has 0 bridgehead atoms. The molecule has 1 aliphatic heterocycles. The molecule has 0 spiro atoms. The third-order valence-corrected chi connectivity index (χ3v) is 4.68. The zero-order chi connectivity index (χ0) is 20.8. The molecule has 0 saturated carbocycles. The van der Waals surface area contributed by atoms with Crippen LogP contribution in [-0.4, -0.2) is 31.6 Å². The summed E-state index contributed by atoms with van der Waals surface area (Å²) in [6.07, 6.45) is 2.31. The third-order valence-electron chi connectivity index (χ3n) is 4.68. The number of carbonyl (C=O) groups is 1. The van der Waals surface area contributed by atoms with Crippen molar-refractivity contribution in [1.82, 2.24) is 25.5 Å². The summed E-state index contributed by atoms with van der Waals surface area (Å²) in [5.74, 6) is 1.37. The quantitative estimate of drug-likeness (QED) is 0.616. The maximum atomic E-state index is 12.4. The summed E-state index contributed by atoms with van der Waals surface area (Å²) in [7, 11) is 0. The largest absolute Gasteiger partial charge is 0.420 e. The Labute approximate surface area is 168 Å². The Morgan fingerprint density at radius 3 is 2.72 bits per heavy atom. The fraction of sp³-hybridized carbons (Fsp3) is 0.350. The van der Waals surface area contributed by atoms with Crippen LogP contribution in [0.4, 0.5) is 17.5 Å². The van der Waals surface area contributed by atoms with Crippen LogP contribution in [0.1, 0.15) is 55.4 Å². The fourth-order valence-electron chi connectivity index (χ4n) is 3.24. The lowest BCUT2D eigenvalue weighted by Gasteiger charge is -2.32. The fourth-order valence-corrected chi connectivity index (χ4v) is 3.24. The van der Waals surface area contributed by atoms with Gasteiger partial charge in [-0.25, -0.2) is 4.98 Å². The van der Waals surface area contributed by atoms with E-state index in [4.69, 9.17) is 10.2 Å². The van der Waals surface area contributed by atoms with E-state index in [1.54, 1.807) is 6.07 Å². The highest BCUT2D eigenvalue weighted by Gasteiger charge is 2.29. The highest BCUT2D eigenvalue weighted by atomic mass is 16.4. The van der Waals surface area contributed by atoms with Crippen molar-refractivity contribution in [2.45, 2.75) is 45.6 Å². The lowest BCUT2D eigenvalue weighted by atomic mass is 9.87. The van der Waals surface area contributed by atoms with Crippen LogP contribution >= 0.6 is 0 Å². The Hall–Kier alpha value is -3.49. The standard InChI is InChI=1S/C20H23N7O2/c1-10(2)17-26-27-18(29-17)14-9-22-19(24-15(14)21)23-12-6-5-11-8-20(3,4)25-16(28)13(11)7-12/h5-7,9-10H,8H2,1-4H3,(H,25,28)(H3,21,22,23,24). The first-order chi connectivity index (χ1) is 13.7. The van der Waals surface area contributed by atoms with E-state index in [-0.39, 0.29) is 29.1 Å². The zero-order valence-corrected chi connectivity index (χ0v) is 16.8. The van der Waals surface area contributed by atoms with Gasteiger partial charge in [0.05, 0.1) is 5.56 Å². The number of nitrogens with two attached hydrogens (primary N) is 1. The van der Waals surface area contributed by atoms with Gasteiger partial charge < -0.3 is 20.8 Å². The summed E-state index contributed by atoms with van der Waals surface area (Å²) in [4.78, 5) is 21.0. The highest BCUT2D eigenvalue weighted by Crippen LogP contribution is 2.28. The van der Waals surface area contributed by atoms with Crippen molar-refractivity contribution in [2.75, 3.05) is 11.1 Å². The molecular formula is C20H23N7O2. The second-order valence-corrected chi connectivity index (χ2v) is 8.10. The summed E-state index contributed by atoms with van der Waals surface area (Å²) in [6, 6.07) is 5.63. The number of anilines is 3. The Morgan fingerprint density at radius 1 is 1.24 bits per heavy atom. The van der Waals surface area contributed by atoms with Gasteiger partial charge in [-0.1, -0.05) is 19.9 Å². The molecule has 4 rings (SSSR count). The van der Waals surface area contributed by atoms with Gasteiger partial charge in [-0.15, -0.1) is 10.2 Å². The maximum absolute atomic E-state index is 12.4. The van der Waals surface area contributed by atoms with Crippen LogP contribution in [-0.2, 0) is 6.42 Å². The predicted octanol–water partition coefficient (Wildman–Crippen LogP) is 3.04. The Morgan fingerprint density at radius 2 is 2.03 bits per heavy atom. The number of benzene rings is 1. The molecular weight excluding hydrogens is 370 g/mol. The van der Waals surface area contributed by atoms with Gasteiger partial charge in [0.1, 0.15) is 5.82 Å². The van der Waals surface area contributed by atoms with Gasteiger partial charge in [0.2, 0.25) is 11.8 Å². The van der Waals surface area contributed by atoms with Crippen LogP contribution in [0.25, 0.3) is 11.5 Å². The topological polar surface area (TPSA) is 132 Å². The minimum absolute atomic E-state index is 0.0898. The van der Waals surface area contributed by atoms with Gasteiger partial charge >= 0.3 is 0 Å². The Balaban J connectivity index is 1.57. The van der Waals surface area contributed by atoms with Crippen LogP contribution < -0.4 is 16.4 Å². The number of fused-ring (bicyclic) bond motifs is 1. The lowest BCUT2D eigenvalue weighted by Crippen LogP contribution is -2.49. The molecule has 0 aliphatic carbocycles. The van der Waals surface area contributed by atoms with Crippen molar-refractivity contribution < 1.29 is 9.21 Å². The van der Waals surface area contributed by atoms with Crippen molar-refractivity contribution in [2.24, 2.45) is 0 Å². The number of rotatable bonds is 4. The molecule has 0 radical (unpaired) electrons. The summed E-state index contributed by atoms with van der Waals surface area (Å²) >= 11 is 0. The van der Waals surface area contributed by atoms with Gasteiger partial charge in [0.15, 0.2) is 0 Å². The van der Waals surface area contributed by atoms with E-state index in [0.717, 1.165) is 12.0 Å². The number of amides is 1. The number of nitrogen functional groups attached to an aromatic ring is 1. The van der Waals surface area contributed by atoms with Gasteiger partial charge in [-0.2, -0.15) is 4.98 Å². The number of hydrogen-bond acceptors (Lipinski definition) is 8. The second-order valence-electron chi connectivity index (χ2n) is 8.10. The number of aromatic nitrogens is 4. The van der Waals surface area contributed by atoms with Gasteiger partial charge in [-0.3, -0.25) is 4.79 Å². The molecule has 0 fully saturated rings. The first-order valence-corrected chi connectivity index (χ1v) is 9.40. The molecule has 1 aliphatic rings. The monoisotopic (exact) mass is 393 g/mol. The summed E-state index contributed by atoms with van der Waals surface area (Å²) in [6.45, 7) is 7.94. The summed E-state index contributed by atoms with van der Waals surface area (Å²) in [5, 5.41) is 14.1. The summed E-state index contributed by atoms with van der Waals surface area (Å²) < 4.78 is 5.61. The third kappa shape index (κ3) is 3.75. The molecule has 0 saturated heterocycles. The molecule has 150 valence electrons. The van der Waals surface area contributed by atoms with E-state index in [1.807, 2.05) is 39.8 Å². The van der Waals surface area contributed by atoms with Crippen molar-refractivity contribution in [3.63, 3.8) is 0 Å². The van der Waals surface area contributed by atoms with E-state index in [1.165, 1.54) is 6.20 Å². The van der Waals surface area contributed by atoms with Crippen LogP contribution in [0.5, 0.6) is 0 Å². The highest BCUT2D eigenvalue weighted by molar-refractivity contribution is 5.98. The number of nitrogens with one attached hydrogen (secondary N) is 2. The second kappa shape index (κ2) is 6.84. The molecule has 3 heterocycles. The van der Waals surface area contributed by atoms with Crippen molar-refractivity contribution in [3.05, 3.63) is 41.4 Å². The Kier molecular flexibility index (Phi) is 4.45. The minimum atomic E-state index is -0.253. The molecule has 2 aromatic heterocycles. The smallest absolute Gasteiger partial charge is 0.253 e. The molecule has 0 atom stereocenters. The minimum Gasteiger partial charge on any atom is -0.420 e. The normalized spacial score (nSPS) is 15.1. The maximum Gasteiger partial charge on any atom is 0.253 e. The van der Waals surface area contributed by atoms with E-state index in [9.17, 15) is 4.79 Å². The molecule has 1 aromatic carbocycles. The first kappa shape index (κ1) is 18.9. The summed E-state index contributed by atoms with van der Waals surface area (Å²) in [5.41, 5.74) is 8.65. The molecule has 1 amide bonds. The average Bonchev–Trinajstić information content (AvgIpc) is 3.12. The molecule has 4 N–H and O–H groups in total. The predicted molar refractivity (Wildman–Crippen MR) is 109 cm³/mol. The Bertz CT molecular complexity index is 1090. The molecule has 29 heavy (non-hydrogen) atoms. The molecule has 3 aromatic rings. The van der Waals surface area contributed by atoms with Crippen molar-refractivity contribution in [3.8, 4) is 11.5 Å². The van der Waals surface area contributed by atoms with E-state index < -0.39 is 0 Å². The molecule has 0 unspecified atom stereocenters. The number of hydrogen-bond donors (Lipinski definition) is 3. The van der Waals surface area contributed by atoms with E-state index >= 15 is 0 Å². The zero-order valence-electron chi connectivity index (χ0n) is 16.8. The molecule has 9 heteroatoms. The SMILES string of the molecule is CC(C)c1nnc(-c2cnc(Nc3ccc4c(c3)C(=O)NC(C)(C)C4)nc2N)o1. The van der Waals surface area contributed by atoms with Crippen LogP contribution in [0.15, 0.2) is 28.8 Å².